The van der Waals surface area contributed by atoms with Crippen LogP contribution in [-0.4, -0.2) is 62.5 Å². The van der Waals surface area contributed by atoms with Crippen LogP contribution < -0.4 is 15.4 Å². The van der Waals surface area contributed by atoms with Crippen LogP contribution in [0.5, 0.6) is 5.75 Å². The number of hydrogen-bond donors (Lipinski definition) is 3. The number of pyridine rings is 1. The van der Waals surface area contributed by atoms with Crippen molar-refractivity contribution in [1.82, 2.24) is 25.0 Å². The maximum absolute atomic E-state index is 12.8. The first-order valence-corrected chi connectivity index (χ1v) is 14.1. The molecule has 0 saturated heterocycles. The van der Waals surface area contributed by atoms with Gasteiger partial charge in [0.15, 0.2) is 0 Å². The number of aliphatic hydroxyl groups is 1. The number of ether oxygens (including phenoxy) is 1. The van der Waals surface area contributed by atoms with Crippen LogP contribution in [-0.2, 0) is 26.6 Å². The highest BCUT2D eigenvalue weighted by Crippen LogP contribution is 2.30. The van der Waals surface area contributed by atoms with Gasteiger partial charge in [-0.25, -0.2) is 4.98 Å². The van der Waals surface area contributed by atoms with Crippen LogP contribution in [0.1, 0.15) is 64.8 Å². The molecule has 3 heterocycles. The molecule has 3 aromatic rings. The van der Waals surface area contributed by atoms with E-state index in [1.807, 2.05) is 23.9 Å². The van der Waals surface area contributed by atoms with Gasteiger partial charge in [-0.05, 0) is 67.1 Å². The molecule has 0 radical (unpaired) electrons. The Balaban J connectivity index is 1.09. The van der Waals surface area contributed by atoms with Gasteiger partial charge in [0.05, 0.1) is 11.8 Å². The summed E-state index contributed by atoms with van der Waals surface area (Å²) in [7, 11) is 1.91. The first-order chi connectivity index (χ1) is 19.0. The number of aromatic nitrogens is 3. The van der Waals surface area contributed by atoms with E-state index in [-0.39, 0.29) is 12.5 Å². The number of hydrogen-bond acceptors (Lipinski definition) is 7. The summed E-state index contributed by atoms with van der Waals surface area (Å²) < 4.78 is 7.92. The summed E-state index contributed by atoms with van der Waals surface area (Å²) >= 11 is 0. The Labute approximate surface area is 230 Å². The number of fused-ring (bicyclic) bond motifs is 1. The molecule has 2 aliphatic rings. The van der Waals surface area contributed by atoms with E-state index in [1.54, 1.807) is 24.5 Å². The van der Waals surface area contributed by atoms with Crippen molar-refractivity contribution in [3.05, 3.63) is 70.7 Å². The van der Waals surface area contributed by atoms with Crippen LogP contribution >= 0.6 is 0 Å². The normalized spacial score (nSPS) is 16.9. The Bertz CT molecular complexity index is 1270. The summed E-state index contributed by atoms with van der Waals surface area (Å²) in [6, 6.07) is 10.1. The number of amides is 1. The number of rotatable bonds is 10. The number of nitrogens with zero attached hydrogens (tertiary/aromatic N) is 4. The number of carbonyl (C=O) groups excluding carboxylic acids is 1. The van der Waals surface area contributed by atoms with Gasteiger partial charge in [-0.15, -0.1) is 0 Å². The van der Waals surface area contributed by atoms with Gasteiger partial charge < -0.3 is 20.5 Å². The molecule has 1 saturated carbocycles. The molecule has 39 heavy (non-hydrogen) atoms. The van der Waals surface area contributed by atoms with E-state index < -0.39 is 6.10 Å². The summed E-state index contributed by atoms with van der Waals surface area (Å²) in [6.07, 6.45) is 9.75. The number of benzene rings is 1. The van der Waals surface area contributed by atoms with E-state index in [0.29, 0.717) is 24.8 Å². The Morgan fingerprint density at radius 1 is 1.18 bits per heavy atom. The molecule has 2 aromatic heterocycles. The van der Waals surface area contributed by atoms with E-state index in [9.17, 15) is 9.90 Å². The maximum Gasteiger partial charge on any atom is 0.251 e. The van der Waals surface area contributed by atoms with Crippen LogP contribution in [0.2, 0.25) is 0 Å². The summed E-state index contributed by atoms with van der Waals surface area (Å²) in [5.74, 6) is 1.45. The van der Waals surface area contributed by atoms with Crippen molar-refractivity contribution in [2.24, 2.45) is 7.05 Å². The number of anilines is 1. The molecular formula is C30H40N6O3. The van der Waals surface area contributed by atoms with E-state index in [4.69, 9.17) is 4.74 Å². The average molecular weight is 533 g/mol. The highest BCUT2D eigenvalue weighted by molar-refractivity contribution is 5.94. The third-order valence-corrected chi connectivity index (χ3v) is 7.96. The second-order valence-corrected chi connectivity index (χ2v) is 10.8. The van der Waals surface area contributed by atoms with E-state index in [1.165, 1.54) is 36.0 Å². The monoisotopic (exact) mass is 532 g/mol. The molecule has 1 unspecified atom stereocenters. The van der Waals surface area contributed by atoms with Gasteiger partial charge >= 0.3 is 0 Å². The zero-order valence-electron chi connectivity index (χ0n) is 23.0. The highest BCUT2D eigenvalue weighted by Gasteiger charge is 2.22. The molecule has 208 valence electrons. The van der Waals surface area contributed by atoms with Crippen molar-refractivity contribution in [1.29, 1.82) is 0 Å². The number of aliphatic hydroxyl groups excluding tert-OH is 1. The number of nitrogens with one attached hydrogen (secondary N) is 2. The van der Waals surface area contributed by atoms with Crippen LogP contribution in [0.4, 0.5) is 5.82 Å². The fourth-order valence-electron chi connectivity index (χ4n) is 5.67. The van der Waals surface area contributed by atoms with Gasteiger partial charge in [0.1, 0.15) is 18.2 Å². The van der Waals surface area contributed by atoms with Crippen molar-refractivity contribution in [3.8, 4) is 5.75 Å². The predicted molar refractivity (Wildman–Crippen MR) is 151 cm³/mol. The zero-order chi connectivity index (χ0) is 27.2. The van der Waals surface area contributed by atoms with Crippen molar-refractivity contribution < 1.29 is 14.6 Å². The largest absolute Gasteiger partial charge is 0.487 e. The lowest BCUT2D eigenvalue weighted by molar-refractivity contribution is 0.0841. The molecule has 9 heteroatoms. The van der Waals surface area contributed by atoms with E-state index >= 15 is 0 Å². The molecule has 0 bridgehead atoms. The molecule has 1 aliphatic carbocycles. The predicted octanol–water partition coefficient (Wildman–Crippen LogP) is 3.60. The first-order valence-electron chi connectivity index (χ1n) is 14.1. The average Bonchev–Trinajstić information content (AvgIpc) is 3.36. The lowest BCUT2D eigenvalue weighted by atomic mass is 9.94. The van der Waals surface area contributed by atoms with Crippen LogP contribution in [0, 0.1) is 6.92 Å². The summed E-state index contributed by atoms with van der Waals surface area (Å²) in [5, 5.41) is 21.2. The van der Waals surface area contributed by atoms with Crippen LogP contribution in [0.15, 0.2) is 42.7 Å². The molecule has 1 fully saturated rings. The van der Waals surface area contributed by atoms with Crippen molar-refractivity contribution >= 4 is 11.7 Å². The first kappa shape index (κ1) is 27.1. The Kier molecular flexibility index (Phi) is 8.78. The quantitative estimate of drug-likeness (QED) is 0.367. The van der Waals surface area contributed by atoms with Crippen molar-refractivity contribution in [3.63, 3.8) is 0 Å². The molecule has 1 amide bonds. The minimum absolute atomic E-state index is 0.193. The highest BCUT2D eigenvalue weighted by atomic mass is 16.5. The molecule has 3 N–H and O–H groups in total. The Morgan fingerprint density at radius 3 is 2.82 bits per heavy atom. The molecule has 1 atom stereocenters. The molecular weight excluding hydrogens is 492 g/mol. The lowest BCUT2D eigenvalue weighted by Gasteiger charge is -2.31. The van der Waals surface area contributed by atoms with Crippen LogP contribution in [0.25, 0.3) is 0 Å². The summed E-state index contributed by atoms with van der Waals surface area (Å²) in [5.41, 5.74) is 5.35. The van der Waals surface area contributed by atoms with Crippen LogP contribution in [0.3, 0.4) is 0 Å². The maximum atomic E-state index is 12.8. The van der Waals surface area contributed by atoms with Crippen molar-refractivity contribution in [2.75, 3.05) is 25.0 Å². The smallest absolute Gasteiger partial charge is 0.251 e. The standard InChI is InChI=1S/C30H40N6O3/c1-21-27-12-15-36(18-23(27)8-9-28(21)39-20-25-11-14-33-35(25)2)19-26(37)17-32-30(38)22-10-13-31-29(16-22)34-24-6-4-3-5-7-24/h8-11,13-14,16,24,26,37H,3-7,12,15,17-20H2,1-2H3,(H,31,34)(H,32,38). The number of β-amino-alcohol motifs (C(OH)–C–C–N with tert-alkyl or cyclic N) is 1. The molecule has 1 aliphatic heterocycles. The van der Waals surface area contributed by atoms with Gasteiger partial charge in [-0.2, -0.15) is 5.10 Å². The van der Waals surface area contributed by atoms with Gasteiger partial charge in [0.25, 0.3) is 5.91 Å². The molecule has 9 nitrogen and oxygen atoms in total. The fourth-order valence-corrected chi connectivity index (χ4v) is 5.67. The summed E-state index contributed by atoms with van der Waals surface area (Å²) in [6.45, 7) is 4.93. The lowest BCUT2D eigenvalue weighted by Crippen LogP contribution is -2.42. The third kappa shape index (κ3) is 6.96. The SMILES string of the molecule is Cc1c(OCc2ccnn2C)ccc2c1CCN(CC(O)CNC(=O)c1ccnc(NC3CCCCC3)c1)C2. The van der Waals surface area contributed by atoms with Crippen molar-refractivity contribution in [2.45, 2.75) is 70.7 Å². The van der Waals surface area contributed by atoms with Gasteiger partial charge in [-0.1, -0.05) is 25.3 Å². The minimum Gasteiger partial charge on any atom is -0.487 e. The number of carbonyl (C=O) groups is 1. The van der Waals surface area contributed by atoms with E-state index in [0.717, 1.165) is 49.6 Å². The zero-order valence-corrected chi connectivity index (χ0v) is 23.0. The van der Waals surface area contributed by atoms with E-state index in [2.05, 4.69) is 38.6 Å². The molecule has 0 spiro atoms. The molecule has 5 rings (SSSR count). The van der Waals surface area contributed by atoms with Gasteiger partial charge in [0.2, 0.25) is 0 Å². The Hall–Kier alpha value is -3.43. The number of aryl methyl sites for hydroxylation is 1. The second-order valence-electron chi connectivity index (χ2n) is 10.8. The summed E-state index contributed by atoms with van der Waals surface area (Å²) in [4.78, 5) is 19.4. The Morgan fingerprint density at radius 2 is 2.03 bits per heavy atom. The fraction of sp³-hybridized carbons (Fsp3) is 0.500. The van der Waals surface area contributed by atoms with Gasteiger partial charge in [0, 0.05) is 57.2 Å². The van der Waals surface area contributed by atoms with Gasteiger partial charge in [-0.3, -0.25) is 14.4 Å². The molecule has 1 aromatic carbocycles. The minimum atomic E-state index is -0.653. The second kappa shape index (κ2) is 12.6. The topological polar surface area (TPSA) is 105 Å². The third-order valence-electron chi connectivity index (χ3n) is 7.96.